The first-order chi connectivity index (χ1) is 15.8. The van der Waals surface area contributed by atoms with Crippen LogP contribution in [0, 0.1) is 5.92 Å². The van der Waals surface area contributed by atoms with Crippen LogP contribution in [0.1, 0.15) is 61.4 Å². The zero-order chi connectivity index (χ0) is 22.4. The molecule has 2 saturated heterocycles. The van der Waals surface area contributed by atoms with Gasteiger partial charge in [0.25, 0.3) is 5.91 Å². The molecule has 2 aliphatic heterocycles. The van der Waals surface area contributed by atoms with E-state index in [2.05, 4.69) is 22.5 Å². The first-order valence-corrected chi connectivity index (χ1v) is 12.3. The third kappa shape index (κ3) is 10.2. The Balaban J connectivity index is 0.00000385. The summed E-state index contributed by atoms with van der Waals surface area (Å²) in [4.78, 5) is 19.3. The molecule has 0 radical (unpaired) electrons. The second-order valence-electron chi connectivity index (χ2n) is 8.66. The predicted octanol–water partition coefficient (Wildman–Crippen LogP) is 3.82. The standard InChI is InChI=1S/C25H40N4O3.HI/c1-2-26-25(27-13-6-16-32-20-22-11-17-31-18-12-22)28-19-21-7-9-23(10-8-21)24(30)29-14-4-3-5-15-29;/h7-10,22H,2-6,11-20H2,1H3,(H2,26,27,28);1H. The predicted molar refractivity (Wildman–Crippen MR) is 143 cm³/mol. The number of carbonyl (C=O) groups excluding carboxylic acids is 1. The van der Waals surface area contributed by atoms with Crippen LogP contribution in [0.5, 0.6) is 0 Å². The monoisotopic (exact) mass is 572 g/mol. The van der Waals surface area contributed by atoms with Gasteiger partial charge in [0, 0.05) is 58.2 Å². The number of amides is 1. The van der Waals surface area contributed by atoms with E-state index in [-0.39, 0.29) is 29.9 Å². The van der Waals surface area contributed by atoms with Crippen LogP contribution in [0.15, 0.2) is 29.3 Å². The van der Waals surface area contributed by atoms with Crippen LogP contribution in [0.4, 0.5) is 0 Å². The molecule has 7 nitrogen and oxygen atoms in total. The van der Waals surface area contributed by atoms with Gasteiger partial charge in [-0.15, -0.1) is 24.0 Å². The average Bonchev–Trinajstić information content (AvgIpc) is 2.85. The van der Waals surface area contributed by atoms with E-state index in [9.17, 15) is 4.79 Å². The largest absolute Gasteiger partial charge is 0.381 e. The van der Waals surface area contributed by atoms with Crippen molar-refractivity contribution >= 4 is 35.8 Å². The van der Waals surface area contributed by atoms with Gasteiger partial charge in [-0.05, 0) is 69.1 Å². The van der Waals surface area contributed by atoms with Crippen LogP contribution in [0.3, 0.4) is 0 Å². The van der Waals surface area contributed by atoms with E-state index < -0.39 is 0 Å². The maximum Gasteiger partial charge on any atom is 0.253 e. The van der Waals surface area contributed by atoms with Gasteiger partial charge in [0.15, 0.2) is 5.96 Å². The Bertz CT molecular complexity index is 702. The lowest BCUT2D eigenvalue weighted by molar-refractivity contribution is 0.0203. The molecule has 8 heteroatoms. The molecule has 0 aliphatic carbocycles. The summed E-state index contributed by atoms with van der Waals surface area (Å²) in [7, 11) is 0. The number of likely N-dealkylation sites (tertiary alicyclic amines) is 1. The van der Waals surface area contributed by atoms with Gasteiger partial charge in [-0.1, -0.05) is 12.1 Å². The van der Waals surface area contributed by atoms with Crippen molar-refractivity contribution in [3.05, 3.63) is 35.4 Å². The van der Waals surface area contributed by atoms with Gasteiger partial charge < -0.3 is 25.0 Å². The number of aliphatic imine (C=N–C) groups is 1. The van der Waals surface area contributed by atoms with E-state index >= 15 is 0 Å². The molecule has 0 saturated carbocycles. The van der Waals surface area contributed by atoms with Crippen molar-refractivity contribution < 1.29 is 14.3 Å². The molecule has 186 valence electrons. The van der Waals surface area contributed by atoms with Gasteiger partial charge in [0.2, 0.25) is 0 Å². The highest BCUT2D eigenvalue weighted by atomic mass is 127. The fraction of sp³-hybridized carbons (Fsp3) is 0.680. The van der Waals surface area contributed by atoms with Crippen molar-refractivity contribution in [3.8, 4) is 0 Å². The molecule has 0 bridgehead atoms. The van der Waals surface area contributed by atoms with Crippen LogP contribution in [0.2, 0.25) is 0 Å². The normalized spacial score (nSPS) is 17.4. The number of ether oxygens (including phenoxy) is 2. The Hall–Kier alpha value is -1.39. The minimum atomic E-state index is 0. The van der Waals surface area contributed by atoms with E-state index in [0.717, 1.165) is 102 Å². The summed E-state index contributed by atoms with van der Waals surface area (Å²) in [5.74, 6) is 1.61. The molecule has 1 aromatic carbocycles. The molecule has 0 spiro atoms. The number of guanidine groups is 1. The van der Waals surface area contributed by atoms with Gasteiger partial charge in [-0.3, -0.25) is 4.79 Å². The summed E-state index contributed by atoms with van der Waals surface area (Å²) in [5.41, 5.74) is 1.86. The molecule has 2 aliphatic rings. The van der Waals surface area contributed by atoms with Crippen molar-refractivity contribution in [3.63, 3.8) is 0 Å². The smallest absolute Gasteiger partial charge is 0.253 e. The van der Waals surface area contributed by atoms with Crippen LogP contribution < -0.4 is 10.6 Å². The number of carbonyl (C=O) groups is 1. The maximum atomic E-state index is 12.6. The van der Waals surface area contributed by atoms with E-state index in [1.54, 1.807) is 0 Å². The Morgan fingerprint density at radius 3 is 2.55 bits per heavy atom. The highest BCUT2D eigenvalue weighted by molar-refractivity contribution is 14.0. The van der Waals surface area contributed by atoms with E-state index in [1.807, 2.05) is 29.2 Å². The third-order valence-corrected chi connectivity index (χ3v) is 6.06. The topological polar surface area (TPSA) is 75.2 Å². The van der Waals surface area contributed by atoms with E-state index in [1.165, 1.54) is 6.42 Å². The molecule has 2 fully saturated rings. The Morgan fingerprint density at radius 1 is 1.12 bits per heavy atom. The minimum Gasteiger partial charge on any atom is -0.381 e. The molecule has 3 rings (SSSR count). The second kappa shape index (κ2) is 16.3. The summed E-state index contributed by atoms with van der Waals surface area (Å²) in [5, 5.41) is 6.67. The summed E-state index contributed by atoms with van der Waals surface area (Å²) in [6.45, 7) is 9.38. The molecule has 1 amide bonds. The number of benzene rings is 1. The summed E-state index contributed by atoms with van der Waals surface area (Å²) < 4.78 is 11.2. The molecular formula is C25H41IN4O3. The Labute approximate surface area is 216 Å². The molecule has 2 heterocycles. The second-order valence-corrected chi connectivity index (χ2v) is 8.66. The van der Waals surface area contributed by atoms with Crippen molar-refractivity contribution in [1.29, 1.82) is 0 Å². The number of nitrogens with one attached hydrogen (secondary N) is 2. The first kappa shape index (κ1) is 27.9. The zero-order valence-electron chi connectivity index (χ0n) is 20.0. The summed E-state index contributed by atoms with van der Waals surface area (Å²) in [6, 6.07) is 7.87. The minimum absolute atomic E-state index is 0. The highest BCUT2D eigenvalue weighted by Gasteiger charge is 2.18. The number of nitrogens with zero attached hydrogens (tertiary/aromatic N) is 2. The lowest BCUT2D eigenvalue weighted by Gasteiger charge is -2.26. The van der Waals surface area contributed by atoms with Gasteiger partial charge in [-0.2, -0.15) is 0 Å². The highest BCUT2D eigenvalue weighted by Crippen LogP contribution is 2.15. The summed E-state index contributed by atoms with van der Waals surface area (Å²) in [6.07, 6.45) is 6.63. The van der Waals surface area contributed by atoms with Crippen LogP contribution in [-0.2, 0) is 16.0 Å². The van der Waals surface area contributed by atoms with Crippen LogP contribution in [0.25, 0.3) is 0 Å². The number of hydrogen-bond acceptors (Lipinski definition) is 4. The fourth-order valence-electron chi connectivity index (χ4n) is 4.09. The molecule has 0 aromatic heterocycles. The average molecular weight is 573 g/mol. The quantitative estimate of drug-likeness (QED) is 0.193. The number of halogens is 1. The third-order valence-electron chi connectivity index (χ3n) is 6.06. The zero-order valence-corrected chi connectivity index (χ0v) is 22.4. The lowest BCUT2D eigenvalue weighted by Crippen LogP contribution is -2.38. The Kier molecular flexibility index (Phi) is 13.7. The molecule has 0 atom stereocenters. The van der Waals surface area contributed by atoms with Gasteiger partial charge in [-0.25, -0.2) is 4.99 Å². The van der Waals surface area contributed by atoms with Crippen molar-refractivity contribution in [2.24, 2.45) is 10.9 Å². The number of rotatable bonds is 10. The SMILES string of the molecule is CCNC(=NCc1ccc(C(=O)N2CCCCC2)cc1)NCCCOCC1CCOCC1.I. The van der Waals surface area contributed by atoms with Crippen LogP contribution in [-0.4, -0.2) is 69.4 Å². The van der Waals surface area contributed by atoms with Gasteiger partial charge in [0.05, 0.1) is 6.54 Å². The lowest BCUT2D eigenvalue weighted by atomic mass is 10.0. The molecule has 33 heavy (non-hydrogen) atoms. The molecule has 2 N–H and O–H groups in total. The van der Waals surface area contributed by atoms with Crippen LogP contribution >= 0.6 is 24.0 Å². The molecule has 0 unspecified atom stereocenters. The molecular weight excluding hydrogens is 531 g/mol. The first-order valence-electron chi connectivity index (χ1n) is 12.3. The van der Waals surface area contributed by atoms with Crippen molar-refractivity contribution in [2.75, 3.05) is 52.6 Å². The van der Waals surface area contributed by atoms with Gasteiger partial charge >= 0.3 is 0 Å². The number of hydrogen-bond donors (Lipinski definition) is 2. The summed E-state index contributed by atoms with van der Waals surface area (Å²) >= 11 is 0. The van der Waals surface area contributed by atoms with Crippen molar-refractivity contribution in [1.82, 2.24) is 15.5 Å². The Morgan fingerprint density at radius 2 is 1.85 bits per heavy atom. The van der Waals surface area contributed by atoms with E-state index in [0.29, 0.717) is 12.5 Å². The molecule has 1 aromatic rings. The van der Waals surface area contributed by atoms with E-state index in [4.69, 9.17) is 9.47 Å². The fourth-order valence-corrected chi connectivity index (χ4v) is 4.09. The maximum absolute atomic E-state index is 12.6. The van der Waals surface area contributed by atoms with Gasteiger partial charge in [0.1, 0.15) is 0 Å². The number of piperidine rings is 1. The van der Waals surface area contributed by atoms with Crippen molar-refractivity contribution in [2.45, 2.75) is 52.0 Å².